The van der Waals surface area contributed by atoms with E-state index < -0.39 is 11.9 Å². The molecule has 0 unspecified atom stereocenters. The lowest BCUT2D eigenvalue weighted by molar-refractivity contribution is -0.117. The van der Waals surface area contributed by atoms with Crippen LogP contribution in [0.1, 0.15) is 66.7 Å². The van der Waals surface area contributed by atoms with Crippen molar-refractivity contribution in [3.8, 4) is 0 Å². The number of ketones is 1. The van der Waals surface area contributed by atoms with Crippen molar-refractivity contribution in [3.05, 3.63) is 47.0 Å². The summed E-state index contributed by atoms with van der Waals surface area (Å²) in [5.74, 6) is -1.40. The van der Waals surface area contributed by atoms with Crippen LogP contribution in [-0.2, 0) is 9.53 Å². The molecule has 0 bridgehead atoms. The lowest BCUT2D eigenvalue weighted by Gasteiger charge is -2.50. The molecule has 5 nitrogen and oxygen atoms in total. The average Bonchev–Trinajstić information content (AvgIpc) is 2.61. The summed E-state index contributed by atoms with van der Waals surface area (Å²) in [5, 5.41) is 9.32. The van der Waals surface area contributed by atoms with E-state index in [0.29, 0.717) is 12.8 Å². The molecule has 2 atom stereocenters. The maximum atomic E-state index is 12.8. The van der Waals surface area contributed by atoms with E-state index in [2.05, 4.69) is 13.8 Å². The van der Waals surface area contributed by atoms with Gasteiger partial charge in [0.05, 0.1) is 11.1 Å². The highest BCUT2D eigenvalue weighted by atomic mass is 16.5. The van der Waals surface area contributed by atoms with E-state index in [1.54, 1.807) is 18.2 Å². The standard InChI is InChI=1S/C21H24O5/c1-13(2)21-11-10-15(22)12-14(21)6-5-9-18(21)26-20(25)17-8-4-3-7-16(17)19(23)24/h3-4,7-8,12-13,18H,5-6,9-11H2,1-2H3,(H,23,24)/t18-,21-/m0/s1. The van der Waals surface area contributed by atoms with Crippen LogP contribution in [0.4, 0.5) is 0 Å². The minimum absolute atomic E-state index is 0.0542. The number of fused-ring (bicyclic) bond motifs is 1. The SMILES string of the molecule is CC(C)[C@@]12CCC(=O)C=C1CCC[C@@H]2OC(=O)c1ccccc1C(=O)O. The third kappa shape index (κ3) is 3.06. The molecule has 0 radical (unpaired) electrons. The van der Waals surface area contributed by atoms with Crippen LogP contribution in [0, 0.1) is 11.3 Å². The number of hydrogen-bond acceptors (Lipinski definition) is 4. The van der Waals surface area contributed by atoms with E-state index in [4.69, 9.17) is 4.74 Å². The monoisotopic (exact) mass is 356 g/mol. The number of carbonyl (C=O) groups excluding carboxylic acids is 2. The highest BCUT2D eigenvalue weighted by Crippen LogP contribution is 2.53. The Balaban J connectivity index is 1.93. The third-order valence-corrected chi connectivity index (χ3v) is 5.86. The Bertz CT molecular complexity index is 776. The lowest BCUT2D eigenvalue weighted by Crippen LogP contribution is -2.48. The van der Waals surface area contributed by atoms with Gasteiger partial charge in [-0.1, -0.05) is 31.6 Å². The molecule has 138 valence electrons. The summed E-state index contributed by atoms with van der Waals surface area (Å²) in [4.78, 5) is 36.1. The van der Waals surface area contributed by atoms with Gasteiger partial charge in [-0.3, -0.25) is 4.79 Å². The Morgan fingerprint density at radius 2 is 1.88 bits per heavy atom. The number of allylic oxidation sites excluding steroid dienone is 1. The zero-order valence-electron chi connectivity index (χ0n) is 15.2. The third-order valence-electron chi connectivity index (χ3n) is 5.86. The number of rotatable bonds is 4. The molecule has 0 aliphatic heterocycles. The number of esters is 1. The highest BCUT2D eigenvalue weighted by molar-refractivity contribution is 6.02. The Kier molecular flexibility index (Phi) is 4.99. The second kappa shape index (κ2) is 7.06. The summed E-state index contributed by atoms with van der Waals surface area (Å²) in [6.07, 6.45) is 4.97. The predicted molar refractivity (Wildman–Crippen MR) is 96.1 cm³/mol. The molecule has 1 fully saturated rings. The van der Waals surface area contributed by atoms with E-state index in [1.807, 2.05) is 0 Å². The minimum atomic E-state index is -1.15. The van der Waals surface area contributed by atoms with Crippen molar-refractivity contribution in [2.75, 3.05) is 0 Å². The molecule has 2 aliphatic rings. The molecule has 2 aliphatic carbocycles. The number of carboxylic acid groups (broad SMARTS) is 1. The highest BCUT2D eigenvalue weighted by Gasteiger charge is 2.50. The van der Waals surface area contributed by atoms with E-state index >= 15 is 0 Å². The smallest absolute Gasteiger partial charge is 0.339 e. The van der Waals surface area contributed by atoms with Crippen LogP contribution in [0.2, 0.25) is 0 Å². The molecule has 0 aromatic heterocycles. The van der Waals surface area contributed by atoms with Gasteiger partial charge in [0.2, 0.25) is 0 Å². The first-order valence-corrected chi connectivity index (χ1v) is 9.13. The summed E-state index contributed by atoms with van der Waals surface area (Å²) < 4.78 is 5.88. The summed E-state index contributed by atoms with van der Waals surface area (Å²) in [7, 11) is 0. The zero-order chi connectivity index (χ0) is 18.9. The molecule has 3 rings (SSSR count). The van der Waals surface area contributed by atoms with Crippen molar-refractivity contribution in [1.82, 2.24) is 0 Å². The molecule has 0 spiro atoms. The number of hydrogen-bond donors (Lipinski definition) is 1. The molecule has 0 amide bonds. The van der Waals surface area contributed by atoms with Gasteiger partial charge in [-0.2, -0.15) is 0 Å². The first kappa shape index (κ1) is 18.4. The topological polar surface area (TPSA) is 80.7 Å². The van der Waals surface area contributed by atoms with Gasteiger partial charge in [0.15, 0.2) is 5.78 Å². The molecular formula is C21H24O5. The Morgan fingerprint density at radius 3 is 2.54 bits per heavy atom. The molecule has 0 saturated heterocycles. The summed E-state index contributed by atoms with van der Waals surface area (Å²) in [6.45, 7) is 4.20. The van der Waals surface area contributed by atoms with Crippen molar-refractivity contribution in [3.63, 3.8) is 0 Å². The van der Waals surface area contributed by atoms with Gasteiger partial charge in [0, 0.05) is 11.8 Å². The van der Waals surface area contributed by atoms with Crippen molar-refractivity contribution in [1.29, 1.82) is 0 Å². The zero-order valence-corrected chi connectivity index (χ0v) is 15.2. The van der Waals surface area contributed by atoms with Crippen molar-refractivity contribution in [2.45, 2.75) is 52.1 Å². The molecule has 26 heavy (non-hydrogen) atoms. The summed E-state index contributed by atoms with van der Waals surface area (Å²) >= 11 is 0. The first-order valence-electron chi connectivity index (χ1n) is 9.13. The molecule has 1 aromatic rings. The second-order valence-electron chi connectivity index (χ2n) is 7.47. The fourth-order valence-electron chi connectivity index (χ4n) is 4.54. The molecule has 5 heteroatoms. The fraction of sp³-hybridized carbons (Fsp3) is 0.476. The molecule has 1 N–H and O–H groups in total. The number of ether oxygens (including phenoxy) is 1. The Morgan fingerprint density at radius 1 is 1.19 bits per heavy atom. The lowest BCUT2D eigenvalue weighted by atomic mass is 9.57. The van der Waals surface area contributed by atoms with Crippen LogP contribution in [0.25, 0.3) is 0 Å². The van der Waals surface area contributed by atoms with Crippen LogP contribution >= 0.6 is 0 Å². The number of benzene rings is 1. The van der Waals surface area contributed by atoms with Crippen molar-refractivity contribution < 1.29 is 24.2 Å². The summed E-state index contributed by atoms with van der Waals surface area (Å²) in [5.41, 5.74) is 0.766. The van der Waals surface area contributed by atoms with E-state index in [0.717, 1.165) is 24.8 Å². The Hall–Kier alpha value is -2.43. The molecule has 1 saturated carbocycles. The van der Waals surface area contributed by atoms with Crippen molar-refractivity contribution >= 4 is 17.7 Å². The molecule has 1 aromatic carbocycles. The van der Waals surface area contributed by atoms with Gasteiger partial charge in [0.1, 0.15) is 6.10 Å². The van der Waals surface area contributed by atoms with Gasteiger partial charge in [-0.05, 0) is 49.8 Å². The van der Waals surface area contributed by atoms with Gasteiger partial charge in [0.25, 0.3) is 0 Å². The van der Waals surface area contributed by atoms with Crippen LogP contribution in [0.15, 0.2) is 35.9 Å². The van der Waals surface area contributed by atoms with Gasteiger partial charge < -0.3 is 9.84 Å². The summed E-state index contributed by atoms with van der Waals surface area (Å²) in [6, 6.07) is 6.11. The van der Waals surface area contributed by atoms with Crippen molar-refractivity contribution in [2.24, 2.45) is 11.3 Å². The maximum absolute atomic E-state index is 12.8. The Labute approximate surface area is 153 Å². The van der Waals surface area contributed by atoms with Gasteiger partial charge in [-0.15, -0.1) is 0 Å². The number of aromatic carboxylic acids is 1. The van der Waals surface area contributed by atoms with Crippen LogP contribution < -0.4 is 0 Å². The second-order valence-corrected chi connectivity index (χ2v) is 7.47. The minimum Gasteiger partial charge on any atom is -0.478 e. The largest absolute Gasteiger partial charge is 0.478 e. The number of carbonyl (C=O) groups is 3. The first-order chi connectivity index (χ1) is 12.4. The number of carboxylic acids is 1. The quantitative estimate of drug-likeness (QED) is 0.824. The van der Waals surface area contributed by atoms with Crippen LogP contribution in [0.3, 0.4) is 0 Å². The van der Waals surface area contributed by atoms with Crippen LogP contribution in [0.5, 0.6) is 0 Å². The van der Waals surface area contributed by atoms with Gasteiger partial charge >= 0.3 is 11.9 Å². The normalized spacial score (nSPS) is 25.4. The predicted octanol–water partition coefficient (Wildman–Crippen LogP) is 4.03. The van der Waals surface area contributed by atoms with Crippen LogP contribution in [-0.4, -0.2) is 28.9 Å². The van der Waals surface area contributed by atoms with E-state index in [9.17, 15) is 19.5 Å². The molecule has 0 heterocycles. The fourth-order valence-corrected chi connectivity index (χ4v) is 4.54. The van der Waals surface area contributed by atoms with Gasteiger partial charge in [-0.25, -0.2) is 9.59 Å². The van der Waals surface area contributed by atoms with E-state index in [1.165, 1.54) is 12.1 Å². The van der Waals surface area contributed by atoms with E-state index in [-0.39, 0.29) is 34.3 Å². The maximum Gasteiger partial charge on any atom is 0.339 e. The molecular weight excluding hydrogens is 332 g/mol. The average molecular weight is 356 g/mol.